The molecule has 3 heterocycles. The molecule has 1 N–H and O–H groups in total. The molecular weight excluding hydrogens is 294 g/mol. The predicted octanol–water partition coefficient (Wildman–Crippen LogP) is 0.455. The molecule has 1 fully saturated rings. The normalized spacial score (nSPS) is 16.0. The molecule has 2 aromatic rings. The van der Waals surface area contributed by atoms with Gasteiger partial charge in [-0.1, -0.05) is 0 Å². The third-order valence-corrected chi connectivity index (χ3v) is 3.29. The van der Waals surface area contributed by atoms with E-state index < -0.39 is 0 Å². The number of ether oxygens (including phenoxy) is 1. The van der Waals surface area contributed by atoms with Crippen molar-refractivity contribution in [2.24, 2.45) is 0 Å². The van der Waals surface area contributed by atoms with Gasteiger partial charge >= 0.3 is 0 Å². The van der Waals surface area contributed by atoms with Gasteiger partial charge in [-0.2, -0.15) is 20.1 Å². The minimum Gasteiger partial charge on any atom is -0.379 e. The third-order valence-electron chi connectivity index (χ3n) is 3.12. The summed E-state index contributed by atoms with van der Waals surface area (Å²) in [5.74, 6) is 0.850. The summed E-state index contributed by atoms with van der Waals surface area (Å²) in [4.78, 5) is 14.8. The second kappa shape index (κ2) is 6.79. The fourth-order valence-corrected chi connectivity index (χ4v) is 2.21. The molecule has 3 rings (SSSR count). The van der Waals surface area contributed by atoms with Crippen LogP contribution in [0.4, 0.5) is 5.95 Å². The molecule has 0 atom stereocenters. The Bertz CT molecular complexity index is 571. The molecule has 8 nitrogen and oxygen atoms in total. The van der Waals surface area contributed by atoms with E-state index in [1.54, 1.807) is 23.1 Å². The van der Waals surface area contributed by atoms with E-state index in [0.717, 1.165) is 39.4 Å². The molecule has 0 radical (unpaired) electrons. The standard InChI is InChI=1S/C12H16ClN7O/c13-10-16-11(14-3-5-19-6-8-21-9-7-19)18-12(17-10)20-4-1-2-15-20/h1-2,4H,3,5-9H2,(H,14,16,17,18). The highest BCUT2D eigenvalue weighted by molar-refractivity contribution is 6.28. The number of nitrogens with zero attached hydrogens (tertiary/aromatic N) is 6. The Kier molecular flexibility index (Phi) is 4.59. The number of hydrogen-bond donors (Lipinski definition) is 1. The van der Waals surface area contributed by atoms with E-state index in [0.29, 0.717) is 11.9 Å². The van der Waals surface area contributed by atoms with Gasteiger partial charge in [-0.25, -0.2) is 4.68 Å². The first kappa shape index (κ1) is 14.2. The highest BCUT2D eigenvalue weighted by atomic mass is 35.5. The summed E-state index contributed by atoms with van der Waals surface area (Å²) < 4.78 is 6.86. The summed E-state index contributed by atoms with van der Waals surface area (Å²) in [5.41, 5.74) is 0. The molecule has 0 spiro atoms. The van der Waals surface area contributed by atoms with E-state index in [1.807, 2.05) is 0 Å². The Hall–Kier alpha value is -1.77. The molecule has 9 heteroatoms. The Morgan fingerprint density at radius 3 is 2.86 bits per heavy atom. The van der Waals surface area contributed by atoms with Crippen LogP contribution in [0.2, 0.25) is 5.28 Å². The molecule has 0 unspecified atom stereocenters. The molecule has 0 bridgehead atoms. The number of nitrogens with one attached hydrogen (secondary N) is 1. The van der Waals surface area contributed by atoms with E-state index in [9.17, 15) is 0 Å². The third kappa shape index (κ3) is 3.87. The number of aromatic nitrogens is 5. The Balaban J connectivity index is 1.60. The largest absolute Gasteiger partial charge is 0.379 e. The maximum Gasteiger partial charge on any atom is 0.256 e. The van der Waals surface area contributed by atoms with Crippen LogP contribution in [-0.2, 0) is 4.74 Å². The van der Waals surface area contributed by atoms with Crippen LogP contribution < -0.4 is 5.32 Å². The zero-order valence-electron chi connectivity index (χ0n) is 11.4. The first-order chi connectivity index (χ1) is 10.3. The molecule has 2 aromatic heterocycles. The number of anilines is 1. The number of hydrogen-bond acceptors (Lipinski definition) is 7. The molecule has 21 heavy (non-hydrogen) atoms. The lowest BCUT2D eigenvalue weighted by atomic mass is 10.4. The van der Waals surface area contributed by atoms with Crippen molar-refractivity contribution >= 4 is 17.5 Å². The highest BCUT2D eigenvalue weighted by Crippen LogP contribution is 2.08. The second-order valence-corrected chi connectivity index (χ2v) is 4.90. The van der Waals surface area contributed by atoms with Crippen LogP contribution in [0.3, 0.4) is 0 Å². The number of rotatable bonds is 5. The van der Waals surface area contributed by atoms with Gasteiger partial charge in [-0.3, -0.25) is 4.90 Å². The predicted molar refractivity (Wildman–Crippen MR) is 77.7 cm³/mol. The van der Waals surface area contributed by atoms with Gasteiger partial charge in [0.2, 0.25) is 11.2 Å². The van der Waals surface area contributed by atoms with Crippen molar-refractivity contribution < 1.29 is 4.74 Å². The van der Waals surface area contributed by atoms with Gasteiger partial charge in [0.15, 0.2) is 0 Å². The molecule has 0 saturated carbocycles. The fourth-order valence-electron chi connectivity index (χ4n) is 2.06. The zero-order valence-corrected chi connectivity index (χ0v) is 12.2. The maximum absolute atomic E-state index is 5.92. The summed E-state index contributed by atoms with van der Waals surface area (Å²) in [6.07, 6.45) is 3.41. The van der Waals surface area contributed by atoms with Crippen LogP contribution in [0.25, 0.3) is 5.95 Å². The van der Waals surface area contributed by atoms with Gasteiger partial charge in [0.1, 0.15) is 0 Å². The Labute approximate surface area is 127 Å². The van der Waals surface area contributed by atoms with Gasteiger partial charge < -0.3 is 10.1 Å². The highest BCUT2D eigenvalue weighted by Gasteiger charge is 2.10. The SMILES string of the molecule is Clc1nc(NCCN2CCOCC2)nc(-n2cccn2)n1. The summed E-state index contributed by atoms with van der Waals surface area (Å²) in [7, 11) is 0. The van der Waals surface area contributed by atoms with Crippen LogP contribution in [0.15, 0.2) is 18.5 Å². The molecule has 1 aliphatic heterocycles. The topological polar surface area (TPSA) is 81.0 Å². The monoisotopic (exact) mass is 309 g/mol. The van der Waals surface area contributed by atoms with E-state index in [-0.39, 0.29) is 5.28 Å². The minimum absolute atomic E-state index is 0.143. The number of morpholine rings is 1. The smallest absolute Gasteiger partial charge is 0.256 e. The molecule has 1 saturated heterocycles. The second-order valence-electron chi connectivity index (χ2n) is 4.56. The molecular formula is C12H16ClN7O. The first-order valence-electron chi connectivity index (χ1n) is 6.77. The van der Waals surface area contributed by atoms with Crippen molar-refractivity contribution in [1.29, 1.82) is 0 Å². The van der Waals surface area contributed by atoms with Crippen LogP contribution >= 0.6 is 11.6 Å². The molecule has 112 valence electrons. The molecule has 0 amide bonds. The lowest BCUT2D eigenvalue weighted by Crippen LogP contribution is -2.39. The van der Waals surface area contributed by atoms with Crippen molar-refractivity contribution in [3.63, 3.8) is 0 Å². The van der Waals surface area contributed by atoms with Gasteiger partial charge in [-0.15, -0.1) is 0 Å². The maximum atomic E-state index is 5.92. The van der Waals surface area contributed by atoms with Crippen LogP contribution in [0, 0.1) is 0 Å². The van der Waals surface area contributed by atoms with Crippen molar-refractivity contribution in [3.8, 4) is 5.95 Å². The summed E-state index contributed by atoms with van der Waals surface area (Å²) in [6, 6.07) is 1.79. The van der Waals surface area contributed by atoms with Crippen molar-refractivity contribution in [3.05, 3.63) is 23.7 Å². The first-order valence-corrected chi connectivity index (χ1v) is 7.14. The van der Waals surface area contributed by atoms with Crippen molar-refractivity contribution in [2.75, 3.05) is 44.7 Å². The van der Waals surface area contributed by atoms with Crippen molar-refractivity contribution in [1.82, 2.24) is 29.6 Å². The lowest BCUT2D eigenvalue weighted by Gasteiger charge is -2.26. The summed E-state index contributed by atoms with van der Waals surface area (Å²) in [5, 5.41) is 7.39. The number of halogens is 1. The lowest BCUT2D eigenvalue weighted by molar-refractivity contribution is 0.0398. The Morgan fingerprint density at radius 2 is 2.10 bits per heavy atom. The summed E-state index contributed by atoms with van der Waals surface area (Å²) in [6.45, 7) is 5.14. The van der Waals surface area contributed by atoms with Crippen LogP contribution in [0.1, 0.15) is 0 Å². The Morgan fingerprint density at radius 1 is 1.24 bits per heavy atom. The average molecular weight is 310 g/mol. The molecule has 0 aliphatic carbocycles. The summed E-state index contributed by atoms with van der Waals surface area (Å²) >= 11 is 5.92. The fraction of sp³-hybridized carbons (Fsp3) is 0.500. The minimum atomic E-state index is 0.143. The molecule has 0 aromatic carbocycles. The van der Waals surface area contributed by atoms with E-state index in [4.69, 9.17) is 16.3 Å². The quantitative estimate of drug-likeness (QED) is 0.859. The van der Waals surface area contributed by atoms with Crippen LogP contribution in [0.5, 0.6) is 0 Å². The van der Waals surface area contributed by atoms with E-state index >= 15 is 0 Å². The van der Waals surface area contributed by atoms with E-state index in [1.165, 1.54) is 0 Å². The average Bonchev–Trinajstić information content (AvgIpc) is 3.02. The van der Waals surface area contributed by atoms with Gasteiger partial charge in [0.25, 0.3) is 5.95 Å². The van der Waals surface area contributed by atoms with Gasteiger partial charge in [0, 0.05) is 38.6 Å². The molecule has 1 aliphatic rings. The van der Waals surface area contributed by atoms with Gasteiger partial charge in [0.05, 0.1) is 13.2 Å². The van der Waals surface area contributed by atoms with E-state index in [2.05, 4.69) is 30.3 Å². The zero-order chi connectivity index (χ0) is 14.5. The van der Waals surface area contributed by atoms with Crippen LogP contribution in [-0.4, -0.2) is 69.0 Å². The van der Waals surface area contributed by atoms with Crippen molar-refractivity contribution in [2.45, 2.75) is 0 Å². The van der Waals surface area contributed by atoms with Gasteiger partial charge in [-0.05, 0) is 17.7 Å².